The summed E-state index contributed by atoms with van der Waals surface area (Å²) < 4.78 is 6.37. The van der Waals surface area contributed by atoms with Gasteiger partial charge in [0.1, 0.15) is 11.6 Å². The number of rotatable bonds is 4. The molecule has 0 aliphatic carbocycles. The van der Waals surface area contributed by atoms with Crippen LogP contribution in [-0.4, -0.2) is 22.1 Å². The van der Waals surface area contributed by atoms with E-state index >= 15 is 0 Å². The number of aromatic nitrogens is 3. The summed E-state index contributed by atoms with van der Waals surface area (Å²) in [6.07, 6.45) is 3.55. The van der Waals surface area contributed by atoms with Gasteiger partial charge in [0.2, 0.25) is 5.95 Å². The van der Waals surface area contributed by atoms with Gasteiger partial charge in [-0.15, -0.1) is 11.3 Å². The lowest BCUT2D eigenvalue weighted by molar-refractivity contribution is 0.415. The Morgan fingerprint density at radius 1 is 1.15 bits per heavy atom. The molecular formula is C19H17N5OS. The summed E-state index contributed by atoms with van der Waals surface area (Å²) >= 11 is 1.65. The van der Waals surface area contributed by atoms with Crippen LogP contribution in [0.25, 0.3) is 20.7 Å². The number of pyridine rings is 1. The summed E-state index contributed by atoms with van der Waals surface area (Å²) in [4.78, 5) is 13.9. The van der Waals surface area contributed by atoms with Gasteiger partial charge in [-0.05, 0) is 36.8 Å². The highest BCUT2D eigenvalue weighted by atomic mass is 32.1. The number of anilines is 3. The van der Waals surface area contributed by atoms with Crippen LogP contribution in [-0.2, 0) is 0 Å². The zero-order chi connectivity index (χ0) is 18.1. The number of nitrogens with two attached hydrogens (primary N) is 1. The molecule has 0 unspecified atom stereocenters. The normalized spacial score (nSPS) is 10.8. The van der Waals surface area contributed by atoms with Gasteiger partial charge in [0.15, 0.2) is 0 Å². The van der Waals surface area contributed by atoms with Gasteiger partial charge in [0, 0.05) is 29.5 Å². The van der Waals surface area contributed by atoms with Crippen molar-refractivity contribution in [3.8, 4) is 16.3 Å². The Balaban J connectivity index is 1.72. The van der Waals surface area contributed by atoms with E-state index in [1.807, 2.05) is 36.5 Å². The molecule has 0 saturated heterocycles. The number of fused-ring (bicyclic) bond motifs is 1. The SMILES string of the molecule is COc1cccc(Nc2cc3c(C)c(-c4ccnc(N)n4)sc3cn2)c1. The Kier molecular flexibility index (Phi) is 4.14. The van der Waals surface area contributed by atoms with Crippen molar-refractivity contribution in [2.75, 3.05) is 18.2 Å². The molecule has 0 amide bonds. The molecule has 0 spiro atoms. The second-order valence-electron chi connectivity index (χ2n) is 5.78. The van der Waals surface area contributed by atoms with E-state index in [1.54, 1.807) is 24.6 Å². The Morgan fingerprint density at radius 2 is 2.04 bits per heavy atom. The molecule has 7 heteroatoms. The van der Waals surface area contributed by atoms with Gasteiger partial charge >= 0.3 is 0 Å². The molecule has 130 valence electrons. The largest absolute Gasteiger partial charge is 0.497 e. The Labute approximate surface area is 154 Å². The van der Waals surface area contributed by atoms with Crippen molar-refractivity contribution >= 4 is 38.9 Å². The summed E-state index contributed by atoms with van der Waals surface area (Å²) in [7, 11) is 1.65. The molecule has 0 fully saturated rings. The Bertz CT molecular complexity index is 1090. The standard InChI is InChI=1S/C19H17N5OS/c1-11-14-9-17(23-12-4-3-5-13(8-12)25-2)22-10-16(14)26-18(11)15-6-7-21-19(20)24-15/h3-10H,1-2H3,(H,22,23)(H2,20,21,24). The molecule has 0 saturated carbocycles. The molecule has 0 atom stereocenters. The molecule has 3 aromatic heterocycles. The zero-order valence-corrected chi connectivity index (χ0v) is 15.2. The lowest BCUT2D eigenvalue weighted by atomic mass is 10.1. The first-order valence-electron chi connectivity index (χ1n) is 8.03. The smallest absolute Gasteiger partial charge is 0.220 e. The maximum absolute atomic E-state index is 5.72. The van der Waals surface area contributed by atoms with Crippen LogP contribution in [0.4, 0.5) is 17.5 Å². The van der Waals surface area contributed by atoms with E-state index in [1.165, 1.54) is 0 Å². The number of ether oxygens (including phenoxy) is 1. The van der Waals surface area contributed by atoms with Gasteiger partial charge in [0.05, 0.1) is 22.4 Å². The highest BCUT2D eigenvalue weighted by Crippen LogP contribution is 2.38. The first-order chi connectivity index (χ1) is 12.6. The fraction of sp³-hybridized carbons (Fsp3) is 0.105. The van der Waals surface area contributed by atoms with E-state index in [2.05, 4.69) is 33.3 Å². The van der Waals surface area contributed by atoms with E-state index in [0.717, 1.165) is 43.5 Å². The molecule has 1 aromatic carbocycles. The minimum absolute atomic E-state index is 0.276. The molecule has 3 heterocycles. The summed E-state index contributed by atoms with van der Waals surface area (Å²) in [6.45, 7) is 2.09. The van der Waals surface area contributed by atoms with Crippen molar-refractivity contribution in [3.05, 3.63) is 54.4 Å². The predicted octanol–water partition coefficient (Wildman–Crippen LogP) is 4.40. The third-order valence-corrected chi connectivity index (χ3v) is 5.34. The first-order valence-corrected chi connectivity index (χ1v) is 8.85. The minimum atomic E-state index is 0.276. The summed E-state index contributed by atoms with van der Waals surface area (Å²) in [5, 5.41) is 4.47. The van der Waals surface area contributed by atoms with Crippen LogP contribution in [0, 0.1) is 6.92 Å². The van der Waals surface area contributed by atoms with Gasteiger partial charge in [-0.1, -0.05) is 6.07 Å². The molecule has 0 aliphatic heterocycles. The number of aryl methyl sites for hydroxylation is 1. The van der Waals surface area contributed by atoms with Crippen molar-refractivity contribution < 1.29 is 4.74 Å². The maximum Gasteiger partial charge on any atom is 0.220 e. The minimum Gasteiger partial charge on any atom is -0.497 e. The molecule has 6 nitrogen and oxygen atoms in total. The van der Waals surface area contributed by atoms with Gasteiger partial charge in [-0.2, -0.15) is 0 Å². The van der Waals surface area contributed by atoms with Crippen molar-refractivity contribution in [3.63, 3.8) is 0 Å². The van der Waals surface area contributed by atoms with Crippen LogP contribution < -0.4 is 15.8 Å². The quantitative estimate of drug-likeness (QED) is 0.559. The van der Waals surface area contributed by atoms with Gasteiger partial charge < -0.3 is 15.8 Å². The monoisotopic (exact) mass is 363 g/mol. The molecule has 4 rings (SSSR count). The van der Waals surface area contributed by atoms with Crippen LogP contribution in [0.2, 0.25) is 0 Å². The summed E-state index contributed by atoms with van der Waals surface area (Å²) in [6, 6.07) is 11.7. The number of benzene rings is 1. The van der Waals surface area contributed by atoms with E-state index < -0.39 is 0 Å². The molecule has 26 heavy (non-hydrogen) atoms. The van der Waals surface area contributed by atoms with Gasteiger partial charge in [0.25, 0.3) is 0 Å². The number of methoxy groups -OCH3 is 1. The fourth-order valence-electron chi connectivity index (χ4n) is 2.79. The maximum atomic E-state index is 5.72. The zero-order valence-electron chi connectivity index (χ0n) is 14.4. The van der Waals surface area contributed by atoms with E-state index in [0.29, 0.717) is 0 Å². The number of thiophene rings is 1. The number of nitrogens with zero attached hydrogens (tertiary/aromatic N) is 3. The highest BCUT2D eigenvalue weighted by Gasteiger charge is 2.13. The summed E-state index contributed by atoms with van der Waals surface area (Å²) in [5.74, 6) is 1.85. The third kappa shape index (κ3) is 3.04. The van der Waals surface area contributed by atoms with E-state index in [4.69, 9.17) is 10.5 Å². The lowest BCUT2D eigenvalue weighted by Gasteiger charge is -2.07. The van der Waals surface area contributed by atoms with Gasteiger partial charge in [-0.25, -0.2) is 15.0 Å². The lowest BCUT2D eigenvalue weighted by Crippen LogP contribution is -1.95. The van der Waals surface area contributed by atoms with Crippen molar-refractivity contribution in [2.45, 2.75) is 6.92 Å². The van der Waals surface area contributed by atoms with Crippen LogP contribution >= 0.6 is 11.3 Å². The molecule has 0 bridgehead atoms. The average Bonchev–Trinajstić information content (AvgIpc) is 2.98. The number of hydrogen-bond acceptors (Lipinski definition) is 7. The fourth-order valence-corrected chi connectivity index (χ4v) is 3.92. The molecule has 0 radical (unpaired) electrons. The predicted molar refractivity (Wildman–Crippen MR) is 106 cm³/mol. The van der Waals surface area contributed by atoms with Crippen molar-refractivity contribution in [1.82, 2.24) is 15.0 Å². The van der Waals surface area contributed by atoms with E-state index in [9.17, 15) is 0 Å². The first kappa shape index (κ1) is 16.3. The molecule has 0 aliphatic rings. The Hall–Kier alpha value is -3.19. The second-order valence-corrected chi connectivity index (χ2v) is 6.83. The molecular weight excluding hydrogens is 346 g/mol. The molecule has 3 N–H and O–H groups in total. The summed E-state index contributed by atoms with van der Waals surface area (Å²) in [5.41, 5.74) is 8.63. The van der Waals surface area contributed by atoms with Crippen LogP contribution in [0.15, 0.2) is 48.8 Å². The number of nitrogen functional groups attached to an aromatic ring is 1. The van der Waals surface area contributed by atoms with Crippen molar-refractivity contribution in [2.24, 2.45) is 0 Å². The van der Waals surface area contributed by atoms with Gasteiger partial charge in [-0.3, -0.25) is 0 Å². The topological polar surface area (TPSA) is 86.0 Å². The highest BCUT2D eigenvalue weighted by molar-refractivity contribution is 7.22. The van der Waals surface area contributed by atoms with Crippen LogP contribution in [0.3, 0.4) is 0 Å². The second kappa shape index (κ2) is 6.61. The van der Waals surface area contributed by atoms with E-state index in [-0.39, 0.29) is 5.95 Å². The third-order valence-electron chi connectivity index (χ3n) is 4.07. The average molecular weight is 363 g/mol. The Morgan fingerprint density at radius 3 is 2.85 bits per heavy atom. The van der Waals surface area contributed by atoms with Crippen molar-refractivity contribution in [1.29, 1.82) is 0 Å². The van der Waals surface area contributed by atoms with Crippen LogP contribution in [0.1, 0.15) is 5.56 Å². The molecule has 4 aromatic rings. The number of nitrogens with one attached hydrogen (secondary N) is 1. The van der Waals surface area contributed by atoms with Crippen LogP contribution in [0.5, 0.6) is 5.75 Å². The number of hydrogen-bond donors (Lipinski definition) is 2.